The number of fused-ring (bicyclic) bond motifs is 1. The van der Waals surface area contributed by atoms with E-state index in [2.05, 4.69) is 10.0 Å². The third kappa shape index (κ3) is 3.50. The zero-order chi connectivity index (χ0) is 14.2. The Morgan fingerprint density at radius 1 is 1.37 bits per heavy atom. The van der Waals surface area contributed by atoms with Crippen LogP contribution in [0.5, 0.6) is 0 Å². The van der Waals surface area contributed by atoms with Crippen LogP contribution in [0.3, 0.4) is 0 Å². The van der Waals surface area contributed by atoms with Crippen LogP contribution in [0.25, 0.3) is 0 Å². The van der Waals surface area contributed by atoms with E-state index in [1.165, 1.54) is 0 Å². The molecule has 2 N–H and O–H groups in total. The number of hydrogen-bond acceptors (Lipinski definition) is 3. The molecule has 3 nitrogen and oxygen atoms in total. The van der Waals surface area contributed by atoms with Crippen molar-refractivity contribution >= 4 is 40.3 Å². The summed E-state index contributed by atoms with van der Waals surface area (Å²) in [5, 5.41) is 4.48. The van der Waals surface area contributed by atoms with Crippen LogP contribution in [0.4, 0.5) is 5.69 Å². The van der Waals surface area contributed by atoms with E-state index in [0.717, 1.165) is 24.2 Å². The molecule has 1 aromatic carbocycles. The smallest absolute Gasteiger partial charge is 0.136 e. The lowest BCUT2D eigenvalue weighted by molar-refractivity contribution is 0.512. The van der Waals surface area contributed by atoms with Crippen LogP contribution in [0.2, 0.25) is 10.0 Å². The summed E-state index contributed by atoms with van der Waals surface area (Å²) < 4.78 is 15.1. The molecule has 0 spiro atoms. The largest absolute Gasteiger partial charge is 0.598 e. The fourth-order valence-electron chi connectivity index (χ4n) is 1.98. The van der Waals surface area contributed by atoms with Crippen LogP contribution >= 0.6 is 23.2 Å². The minimum Gasteiger partial charge on any atom is -0.598 e. The Balaban J connectivity index is 2.27. The summed E-state index contributed by atoms with van der Waals surface area (Å²) in [6.45, 7) is 6.64. The molecule has 0 bridgehead atoms. The molecule has 0 saturated carbocycles. The highest BCUT2D eigenvalue weighted by Crippen LogP contribution is 2.38. The van der Waals surface area contributed by atoms with Gasteiger partial charge in [-0.05, 0) is 44.9 Å². The topological polar surface area (TPSA) is 47.1 Å². The summed E-state index contributed by atoms with van der Waals surface area (Å²) in [7, 11) is 0. The van der Waals surface area contributed by atoms with Crippen LogP contribution in [-0.4, -0.2) is 15.8 Å². The lowest BCUT2D eigenvalue weighted by Gasteiger charge is -2.32. The second kappa shape index (κ2) is 5.70. The van der Waals surface area contributed by atoms with Crippen LogP contribution in [0.1, 0.15) is 38.8 Å². The van der Waals surface area contributed by atoms with Gasteiger partial charge in [0.1, 0.15) is 4.75 Å². The molecule has 1 aliphatic rings. The van der Waals surface area contributed by atoms with E-state index < -0.39 is 11.4 Å². The van der Waals surface area contributed by atoms with Gasteiger partial charge >= 0.3 is 0 Å². The van der Waals surface area contributed by atoms with Gasteiger partial charge in [0, 0.05) is 22.9 Å². The van der Waals surface area contributed by atoms with E-state index in [-0.39, 0.29) is 10.8 Å². The quantitative estimate of drug-likeness (QED) is 0.812. The van der Waals surface area contributed by atoms with Crippen LogP contribution in [0, 0.1) is 0 Å². The molecule has 19 heavy (non-hydrogen) atoms. The Morgan fingerprint density at radius 3 is 2.68 bits per heavy atom. The Kier molecular flexibility index (Phi) is 4.58. The Morgan fingerprint density at radius 2 is 2.05 bits per heavy atom. The highest BCUT2D eigenvalue weighted by Gasteiger charge is 2.32. The predicted octanol–water partition coefficient (Wildman–Crippen LogP) is 3.90. The van der Waals surface area contributed by atoms with E-state index in [0.29, 0.717) is 10.0 Å². The molecule has 2 atom stereocenters. The first kappa shape index (κ1) is 15.3. The van der Waals surface area contributed by atoms with Crippen molar-refractivity contribution in [1.29, 1.82) is 0 Å². The molecule has 1 unspecified atom stereocenters. The van der Waals surface area contributed by atoms with Gasteiger partial charge in [-0.3, -0.25) is 0 Å². The van der Waals surface area contributed by atoms with E-state index in [1.54, 1.807) is 6.07 Å². The minimum absolute atomic E-state index is 0.00695. The van der Waals surface area contributed by atoms with Crippen molar-refractivity contribution in [2.75, 3.05) is 11.9 Å². The first-order valence-corrected chi connectivity index (χ1v) is 8.10. The fourth-order valence-corrected chi connectivity index (χ4v) is 3.41. The van der Waals surface area contributed by atoms with Crippen LogP contribution in [-0.2, 0) is 11.4 Å². The number of anilines is 1. The van der Waals surface area contributed by atoms with Gasteiger partial charge in [0.05, 0.1) is 16.8 Å². The predicted molar refractivity (Wildman–Crippen MR) is 83.3 cm³/mol. The van der Waals surface area contributed by atoms with E-state index in [9.17, 15) is 4.55 Å². The maximum atomic E-state index is 12.2. The number of halogens is 2. The van der Waals surface area contributed by atoms with Gasteiger partial charge in [0.15, 0.2) is 0 Å². The van der Waals surface area contributed by atoms with Gasteiger partial charge in [-0.15, -0.1) is 4.72 Å². The van der Waals surface area contributed by atoms with Gasteiger partial charge in [-0.2, -0.15) is 0 Å². The zero-order valence-corrected chi connectivity index (χ0v) is 13.5. The maximum absolute atomic E-state index is 12.2. The summed E-state index contributed by atoms with van der Waals surface area (Å²) in [6.07, 6.45) is 0.853. The fraction of sp³-hybridized carbons (Fsp3) is 0.538. The molecular formula is C13H18Cl2N2OS. The molecule has 1 aromatic rings. The van der Waals surface area contributed by atoms with Crippen molar-refractivity contribution in [2.45, 2.75) is 38.0 Å². The van der Waals surface area contributed by atoms with E-state index in [4.69, 9.17) is 23.2 Å². The molecule has 0 aliphatic carbocycles. The van der Waals surface area contributed by atoms with Gasteiger partial charge in [-0.1, -0.05) is 23.2 Å². The van der Waals surface area contributed by atoms with Gasteiger partial charge < -0.3 is 9.87 Å². The first-order chi connectivity index (χ1) is 8.79. The molecule has 0 saturated heterocycles. The van der Waals surface area contributed by atoms with Gasteiger partial charge in [-0.25, -0.2) is 0 Å². The summed E-state index contributed by atoms with van der Waals surface area (Å²) in [5.74, 6) is 0. The first-order valence-electron chi connectivity index (χ1n) is 6.20. The molecule has 0 fully saturated rings. The van der Waals surface area contributed by atoms with E-state index in [1.807, 2.05) is 26.8 Å². The van der Waals surface area contributed by atoms with Crippen LogP contribution < -0.4 is 10.0 Å². The monoisotopic (exact) mass is 320 g/mol. The Bertz CT molecular complexity index is 476. The molecule has 2 rings (SSSR count). The van der Waals surface area contributed by atoms with Crippen LogP contribution in [0.15, 0.2) is 12.1 Å². The van der Waals surface area contributed by atoms with Gasteiger partial charge in [0.25, 0.3) is 0 Å². The summed E-state index contributed by atoms with van der Waals surface area (Å²) in [4.78, 5) is 0. The Labute approximate surface area is 127 Å². The molecule has 1 aliphatic heterocycles. The normalized spacial score (nSPS) is 20.6. The number of nitrogens with one attached hydrogen (secondary N) is 2. The van der Waals surface area contributed by atoms with Crippen molar-refractivity contribution in [3.05, 3.63) is 27.7 Å². The van der Waals surface area contributed by atoms with Gasteiger partial charge in [0.2, 0.25) is 0 Å². The average Bonchev–Trinajstić information content (AvgIpc) is 2.28. The third-order valence-electron chi connectivity index (χ3n) is 3.00. The lowest BCUT2D eigenvalue weighted by atomic mass is 9.99. The molecule has 0 amide bonds. The maximum Gasteiger partial charge on any atom is 0.136 e. The highest BCUT2D eigenvalue weighted by atomic mass is 35.5. The minimum atomic E-state index is -1.12. The SMILES string of the molecule is CC(C)(C)[S+]([O-])N[C@@H]1CCNc2c(Cl)cc(Cl)cc21. The molecule has 1 heterocycles. The van der Waals surface area contributed by atoms with Crippen molar-refractivity contribution in [2.24, 2.45) is 0 Å². The lowest BCUT2D eigenvalue weighted by Crippen LogP contribution is -2.42. The summed E-state index contributed by atoms with van der Waals surface area (Å²) in [5.41, 5.74) is 1.88. The number of hydrogen-bond donors (Lipinski definition) is 2. The second-order valence-electron chi connectivity index (χ2n) is 5.62. The van der Waals surface area contributed by atoms with Crippen molar-refractivity contribution in [3.8, 4) is 0 Å². The molecule has 6 heteroatoms. The highest BCUT2D eigenvalue weighted by molar-refractivity contribution is 7.90. The van der Waals surface area contributed by atoms with Crippen molar-refractivity contribution < 1.29 is 4.55 Å². The standard InChI is InChI=1S/C13H18Cl2N2OS/c1-13(2,3)19(18)17-11-4-5-16-12-9(11)6-8(14)7-10(12)15/h6-7,11,16-17H,4-5H2,1-3H3/t11-,19?/m1/s1. The molecule has 0 radical (unpaired) electrons. The summed E-state index contributed by atoms with van der Waals surface area (Å²) in [6, 6.07) is 3.61. The second-order valence-corrected chi connectivity index (χ2v) is 8.46. The zero-order valence-electron chi connectivity index (χ0n) is 11.2. The third-order valence-corrected chi connectivity index (χ3v) is 5.13. The van der Waals surface area contributed by atoms with Crippen molar-refractivity contribution in [3.63, 3.8) is 0 Å². The molecular weight excluding hydrogens is 303 g/mol. The number of rotatable bonds is 2. The van der Waals surface area contributed by atoms with Crippen molar-refractivity contribution in [1.82, 2.24) is 4.72 Å². The molecule has 0 aromatic heterocycles. The average molecular weight is 321 g/mol. The Hall–Kier alpha value is -0.130. The summed E-state index contributed by atoms with van der Waals surface area (Å²) >= 11 is 11.1. The molecule has 106 valence electrons. The van der Waals surface area contributed by atoms with E-state index >= 15 is 0 Å². The number of benzene rings is 1.